The summed E-state index contributed by atoms with van der Waals surface area (Å²) in [5, 5.41) is 0.148. The molecular weight excluding hydrogens is 684 g/mol. The van der Waals surface area contributed by atoms with E-state index in [-0.39, 0.29) is 56.8 Å². The highest BCUT2D eigenvalue weighted by Gasteiger charge is 2.84. The molecule has 0 spiro atoms. The second-order valence-electron chi connectivity index (χ2n) is 9.28. The van der Waals surface area contributed by atoms with Crippen molar-refractivity contribution in [1.29, 1.82) is 0 Å². The molecule has 0 aliphatic rings. The van der Waals surface area contributed by atoms with Gasteiger partial charge >= 0.3 is 47.4 Å². The third-order valence-corrected chi connectivity index (χ3v) is 8.72. The van der Waals surface area contributed by atoms with E-state index in [1.165, 1.54) is 13.8 Å². The van der Waals surface area contributed by atoms with E-state index in [4.69, 9.17) is 0 Å². The highest BCUT2D eigenvalue weighted by molar-refractivity contribution is 7.19. The Kier molecular flexibility index (Phi) is 11.2. The zero-order valence-corrected chi connectivity index (χ0v) is 26.2. The Bertz CT molecular complexity index is 1480. The molecule has 0 aliphatic carbocycles. The SMILES string of the molecule is CCOC(=O)c1c(NC(=O)C(F)(F)C(F)(F)C(F)(F)C(F)(F)C(=O)Nc2sc(C(C)=O)c(C)c2C(=O)OCC)sc(C(C)=O)c1C. The minimum atomic E-state index is -7.30. The van der Waals surface area contributed by atoms with E-state index < -0.39 is 80.1 Å². The number of thiophene rings is 2. The van der Waals surface area contributed by atoms with Crippen molar-refractivity contribution in [3.63, 3.8) is 0 Å². The monoisotopic (exact) mass is 708 g/mol. The molecule has 0 aliphatic heterocycles. The average molecular weight is 709 g/mol. The first kappa shape index (κ1) is 38.2. The number of hydrogen-bond donors (Lipinski definition) is 2. The number of rotatable bonds is 13. The van der Waals surface area contributed by atoms with Gasteiger partial charge < -0.3 is 20.1 Å². The van der Waals surface area contributed by atoms with E-state index in [0.29, 0.717) is 0 Å². The van der Waals surface area contributed by atoms with Crippen molar-refractivity contribution in [2.75, 3.05) is 23.8 Å². The molecule has 0 saturated heterocycles. The first-order chi connectivity index (χ1) is 20.9. The van der Waals surface area contributed by atoms with E-state index in [2.05, 4.69) is 9.47 Å². The molecule has 254 valence electrons. The number of nitrogens with one attached hydrogen (secondary N) is 2. The Morgan fingerprint density at radius 3 is 1.13 bits per heavy atom. The Morgan fingerprint density at radius 1 is 0.609 bits per heavy atom. The predicted molar refractivity (Wildman–Crippen MR) is 147 cm³/mol. The molecule has 2 amide bonds. The normalized spacial score (nSPS) is 12.4. The first-order valence-electron chi connectivity index (χ1n) is 12.7. The molecule has 2 rings (SSSR count). The summed E-state index contributed by atoms with van der Waals surface area (Å²) in [5.74, 6) is -38.8. The van der Waals surface area contributed by atoms with Gasteiger partial charge in [-0.05, 0) is 52.7 Å². The van der Waals surface area contributed by atoms with Crippen LogP contribution in [0, 0.1) is 13.8 Å². The lowest BCUT2D eigenvalue weighted by Gasteiger charge is -2.35. The van der Waals surface area contributed by atoms with Crippen LogP contribution >= 0.6 is 22.7 Å². The van der Waals surface area contributed by atoms with Crippen molar-refractivity contribution in [3.05, 3.63) is 32.0 Å². The molecule has 46 heavy (non-hydrogen) atoms. The summed E-state index contributed by atoms with van der Waals surface area (Å²) < 4.78 is 127. The summed E-state index contributed by atoms with van der Waals surface area (Å²) >= 11 is 0.228. The maximum Gasteiger partial charge on any atom is 0.393 e. The topological polar surface area (TPSA) is 145 Å². The van der Waals surface area contributed by atoms with Crippen LogP contribution in [0.2, 0.25) is 0 Å². The number of anilines is 2. The van der Waals surface area contributed by atoms with Crippen LogP contribution in [0.3, 0.4) is 0 Å². The van der Waals surface area contributed by atoms with Gasteiger partial charge in [-0.15, -0.1) is 22.7 Å². The fraction of sp³-hybridized carbons (Fsp3) is 0.462. The van der Waals surface area contributed by atoms with Gasteiger partial charge in [0.05, 0.1) is 34.1 Å². The van der Waals surface area contributed by atoms with Gasteiger partial charge in [0, 0.05) is 0 Å². The Hall–Kier alpha value is -3.94. The van der Waals surface area contributed by atoms with Crippen molar-refractivity contribution in [1.82, 2.24) is 0 Å². The molecule has 0 saturated carbocycles. The highest BCUT2D eigenvalue weighted by Crippen LogP contribution is 2.53. The minimum absolute atomic E-state index is 0.114. The van der Waals surface area contributed by atoms with Crippen LogP contribution in [0.4, 0.5) is 45.1 Å². The molecular formula is C26H24F8N2O8S2. The van der Waals surface area contributed by atoms with Crippen molar-refractivity contribution in [3.8, 4) is 0 Å². The summed E-state index contributed by atoms with van der Waals surface area (Å²) in [6.45, 7) is 6.04. The minimum Gasteiger partial charge on any atom is -0.462 e. The number of ether oxygens (including phenoxy) is 2. The van der Waals surface area contributed by atoms with Crippen LogP contribution in [-0.2, 0) is 19.1 Å². The third-order valence-electron chi connectivity index (χ3n) is 6.10. The molecule has 2 aromatic heterocycles. The van der Waals surface area contributed by atoms with Gasteiger partial charge in [-0.1, -0.05) is 0 Å². The molecule has 0 fully saturated rings. The number of alkyl halides is 8. The van der Waals surface area contributed by atoms with Crippen molar-refractivity contribution in [2.24, 2.45) is 0 Å². The number of ketones is 2. The van der Waals surface area contributed by atoms with E-state index in [1.54, 1.807) is 0 Å². The number of esters is 2. The number of halogens is 8. The van der Waals surface area contributed by atoms with E-state index in [9.17, 15) is 63.9 Å². The van der Waals surface area contributed by atoms with Gasteiger partial charge in [-0.2, -0.15) is 35.1 Å². The van der Waals surface area contributed by atoms with Gasteiger partial charge in [0.2, 0.25) is 0 Å². The molecule has 2 aromatic rings. The average Bonchev–Trinajstić information content (AvgIpc) is 3.44. The summed E-state index contributed by atoms with van der Waals surface area (Å²) in [4.78, 5) is 72.2. The standard InChI is InChI=1S/C26H24F8N2O8S2/c1-7-43-19(39)13-9(3)15(11(5)37)45-17(13)35-21(41)23(27,28)25(31,32)26(33,34)24(29,30)22(42)36-18-14(20(40)44-8-2)10(4)16(46-18)12(6)38/h7-8H2,1-6H3,(H,35,41)(H,36,42). The molecule has 2 heterocycles. The highest BCUT2D eigenvalue weighted by atomic mass is 32.1. The second kappa shape index (κ2) is 13.4. The molecule has 20 heteroatoms. The first-order valence-corrected chi connectivity index (χ1v) is 14.3. The number of hydrogen-bond acceptors (Lipinski definition) is 10. The van der Waals surface area contributed by atoms with E-state index in [0.717, 1.165) is 38.3 Å². The molecule has 0 radical (unpaired) electrons. The summed E-state index contributed by atoms with van der Waals surface area (Å²) in [6, 6.07) is 0. The summed E-state index contributed by atoms with van der Waals surface area (Å²) in [7, 11) is 0. The fourth-order valence-corrected chi connectivity index (χ4v) is 5.99. The van der Waals surface area contributed by atoms with Crippen LogP contribution in [0.25, 0.3) is 0 Å². The molecule has 0 bridgehead atoms. The largest absolute Gasteiger partial charge is 0.462 e. The molecule has 0 atom stereocenters. The number of carbonyl (C=O) groups is 6. The maximum absolute atomic E-state index is 14.8. The second-order valence-corrected chi connectivity index (χ2v) is 11.3. The summed E-state index contributed by atoms with van der Waals surface area (Å²) in [6.07, 6.45) is 0. The zero-order valence-electron chi connectivity index (χ0n) is 24.5. The quantitative estimate of drug-likeness (QED) is 0.140. The van der Waals surface area contributed by atoms with Gasteiger partial charge in [0.25, 0.3) is 0 Å². The lowest BCUT2D eigenvalue weighted by molar-refractivity contribution is -0.345. The third kappa shape index (κ3) is 6.49. The van der Waals surface area contributed by atoms with Gasteiger partial charge in [0.15, 0.2) is 11.6 Å². The predicted octanol–water partition coefficient (Wildman–Crippen LogP) is 6.30. The van der Waals surface area contributed by atoms with Crippen LogP contribution in [-0.4, -0.2) is 72.2 Å². The Labute approximate surface area is 262 Å². The van der Waals surface area contributed by atoms with E-state index in [1.807, 2.05) is 0 Å². The van der Waals surface area contributed by atoms with Gasteiger partial charge in [-0.25, -0.2) is 9.59 Å². The number of carbonyl (C=O) groups excluding carboxylic acids is 6. The van der Waals surface area contributed by atoms with Crippen LogP contribution < -0.4 is 10.6 Å². The molecule has 2 N–H and O–H groups in total. The lowest BCUT2D eigenvalue weighted by Crippen LogP contribution is -2.67. The smallest absolute Gasteiger partial charge is 0.393 e. The van der Waals surface area contributed by atoms with Crippen LogP contribution in [0.15, 0.2) is 0 Å². The van der Waals surface area contributed by atoms with Crippen LogP contribution in [0.1, 0.15) is 78.9 Å². The number of Topliss-reactive ketones (excluding diaryl/α,β-unsaturated/α-hetero) is 2. The van der Waals surface area contributed by atoms with E-state index >= 15 is 0 Å². The molecule has 0 aromatic carbocycles. The molecule has 10 nitrogen and oxygen atoms in total. The Balaban J connectivity index is 2.53. The molecule has 0 unspecified atom stereocenters. The maximum atomic E-state index is 14.8. The summed E-state index contributed by atoms with van der Waals surface area (Å²) in [5.41, 5.74) is -2.05. The van der Waals surface area contributed by atoms with Gasteiger partial charge in [-0.3, -0.25) is 19.2 Å². The van der Waals surface area contributed by atoms with Crippen molar-refractivity contribution in [2.45, 2.75) is 65.2 Å². The zero-order chi connectivity index (χ0) is 35.7. The Morgan fingerprint density at radius 2 is 0.891 bits per heavy atom. The van der Waals surface area contributed by atoms with Crippen molar-refractivity contribution < 1.29 is 73.4 Å². The lowest BCUT2D eigenvalue weighted by atomic mass is 9.97. The van der Waals surface area contributed by atoms with Gasteiger partial charge in [0.1, 0.15) is 10.0 Å². The number of amides is 2. The fourth-order valence-electron chi connectivity index (χ4n) is 3.82. The van der Waals surface area contributed by atoms with Crippen LogP contribution in [0.5, 0.6) is 0 Å². The van der Waals surface area contributed by atoms with Crippen molar-refractivity contribution >= 4 is 68.0 Å².